The van der Waals surface area contributed by atoms with Crippen LogP contribution in [0.15, 0.2) is 0 Å². The van der Waals surface area contributed by atoms with E-state index in [1.54, 1.807) is 4.90 Å². The Labute approximate surface area is 154 Å². The normalized spacial score (nSPS) is 36.9. The number of carbonyl (C=O) groups excluding carboxylic acids is 2. The van der Waals surface area contributed by atoms with Crippen LogP contribution < -0.4 is 5.32 Å². The molecule has 4 fully saturated rings. The largest absolute Gasteiger partial charge is 0.352 e. The Morgan fingerprint density at radius 2 is 1.83 bits per heavy atom. The molecule has 0 aromatic carbocycles. The Morgan fingerprint density at radius 1 is 1.21 bits per heavy atom. The first-order valence-corrected chi connectivity index (χ1v) is 10.3. The van der Waals surface area contributed by atoms with Crippen molar-refractivity contribution in [2.75, 3.05) is 13.1 Å². The van der Waals surface area contributed by atoms with E-state index in [-0.39, 0.29) is 34.1 Å². The number of hydrogen-bond acceptors (Lipinski definition) is 2. The van der Waals surface area contributed by atoms with Gasteiger partial charge in [-0.05, 0) is 76.5 Å². The lowest BCUT2D eigenvalue weighted by molar-refractivity contribution is -0.141. The van der Waals surface area contributed by atoms with Crippen LogP contribution in [0.3, 0.4) is 0 Å². The molecule has 0 saturated heterocycles. The maximum absolute atomic E-state index is 12.9. The van der Waals surface area contributed by atoms with Crippen LogP contribution in [-0.4, -0.2) is 40.2 Å². The third-order valence-corrected chi connectivity index (χ3v) is 7.08. The first-order valence-electron chi connectivity index (χ1n) is 9.49. The van der Waals surface area contributed by atoms with Gasteiger partial charge in [0.2, 0.25) is 11.8 Å². The molecular formula is C19H31BrN2O2. The molecule has 0 aromatic heterocycles. The van der Waals surface area contributed by atoms with E-state index in [0.29, 0.717) is 13.0 Å². The van der Waals surface area contributed by atoms with Crippen molar-refractivity contribution in [2.45, 2.75) is 76.1 Å². The molecule has 2 atom stereocenters. The van der Waals surface area contributed by atoms with Crippen LogP contribution in [0.1, 0.15) is 65.7 Å². The van der Waals surface area contributed by atoms with E-state index in [9.17, 15) is 9.59 Å². The summed E-state index contributed by atoms with van der Waals surface area (Å²) in [6, 6.07) is 0.114. The lowest BCUT2D eigenvalue weighted by Gasteiger charge is -2.60. The zero-order chi connectivity index (χ0) is 17.5. The predicted molar refractivity (Wildman–Crippen MR) is 98.9 cm³/mol. The van der Waals surface area contributed by atoms with Gasteiger partial charge in [0.15, 0.2) is 0 Å². The Bertz CT molecular complexity index is 505. The summed E-state index contributed by atoms with van der Waals surface area (Å²) >= 11 is 4.01. The average molecular weight is 399 g/mol. The summed E-state index contributed by atoms with van der Waals surface area (Å²) in [5.74, 6) is 1.69. The molecule has 5 heteroatoms. The Morgan fingerprint density at radius 3 is 2.33 bits per heavy atom. The molecular weight excluding hydrogens is 368 g/mol. The molecule has 24 heavy (non-hydrogen) atoms. The SMILES string of the molecule is CCN(CC(=O)NC(C)C)C(=O)CC12CC3CC(CC(Br)(C3)C1)C2. The summed E-state index contributed by atoms with van der Waals surface area (Å²) in [4.78, 5) is 26.7. The highest BCUT2D eigenvalue weighted by Gasteiger charge is 2.57. The van der Waals surface area contributed by atoms with Crippen molar-refractivity contribution < 1.29 is 9.59 Å². The molecule has 1 N–H and O–H groups in total. The Hall–Kier alpha value is -0.580. The number of nitrogens with zero attached hydrogens (tertiary/aromatic N) is 1. The van der Waals surface area contributed by atoms with Crippen LogP contribution in [-0.2, 0) is 9.59 Å². The highest BCUT2D eigenvalue weighted by Crippen LogP contribution is 2.65. The van der Waals surface area contributed by atoms with Crippen LogP contribution in [0.4, 0.5) is 0 Å². The quantitative estimate of drug-likeness (QED) is 0.696. The highest BCUT2D eigenvalue weighted by molar-refractivity contribution is 9.10. The van der Waals surface area contributed by atoms with Gasteiger partial charge >= 0.3 is 0 Å². The minimum absolute atomic E-state index is 0.0531. The molecule has 0 aromatic rings. The van der Waals surface area contributed by atoms with Gasteiger partial charge in [-0.25, -0.2) is 0 Å². The smallest absolute Gasteiger partial charge is 0.239 e. The molecule has 4 aliphatic rings. The van der Waals surface area contributed by atoms with Crippen molar-refractivity contribution >= 4 is 27.7 Å². The molecule has 2 amide bonds. The highest BCUT2D eigenvalue weighted by atomic mass is 79.9. The van der Waals surface area contributed by atoms with E-state index in [0.717, 1.165) is 18.3 Å². The summed E-state index contributed by atoms with van der Waals surface area (Å²) in [5, 5.41) is 2.89. The summed E-state index contributed by atoms with van der Waals surface area (Å²) < 4.78 is 0.281. The summed E-state index contributed by atoms with van der Waals surface area (Å²) in [7, 11) is 0. The molecule has 4 nitrogen and oxygen atoms in total. The first kappa shape index (κ1) is 18.2. The van der Waals surface area contributed by atoms with Gasteiger partial charge in [-0.1, -0.05) is 15.9 Å². The second-order valence-corrected chi connectivity index (χ2v) is 10.6. The third-order valence-electron chi connectivity index (χ3n) is 6.16. The van der Waals surface area contributed by atoms with Crippen molar-refractivity contribution in [2.24, 2.45) is 17.3 Å². The number of halogens is 1. The van der Waals surface area contributed by atoms with Gasteiger partial charge in [0.25, 0.3) is 0 Å². The minimum Gasteiger partial charge on any atom is -0.352 e. The third kappa shape index (κ3) is 3.81. The maximum atomic E-state index is 12.9. The number of carbonyl (C=O) groups is 2. The number of alkyl halides is 1. The van der Waals surface area contributed by atoms with Crippen LogP contribution >= 0.6 is 15.9 Å². The van der Waals surface area contributed by atoms with Crippen molar-refractivity contribution in [1.29, 1.82) is 0 Å². The fraction of sp³-hybridized carbons (Fsp3) is 0.895. The van der Waals surface area contributed by atoms with Crippen molar-refractivity contribution in [3.05, 3.63) is 0 Å². The van der Waals surface area contributed by atoms with Gasteiger partial charge in [-0.3, -0.25) is 9.59 Å². The van der Waals surface area contributed by atoms with Crippen LogP contribution in [0.2, 0.25) is 0 Å². The molecule has 4 aliphatic carbocycles. The fourth-order valence-electron chi connectivity index (χ4n) is 5.89. The second-order valence-electron chi connectivity index (χ2n) is 8.92. The average Bonchev–Trinajstić information content (AvgIpc) is 2.40. The van der Waals surface area contributed by atoms with E-state index >= 15 is 0 Å². The fourth-order valence-corrected chi connectivity index (χ4v) is 7.40. The van der Waals surface area contributed by atoms with Crippen LogP contribution in [0.25, 0.3) is 0 Å². The zero-order valence-electron chi connectivity index (χ0n) is 15.2. The van der Waals surface area contributed by atoms with Crippen molar-refractivity contribution in [1.82, 2.24) is 10.2 Å². The number of rotatable bonds is 6. The summed E-state index contributed by atoms with van der Waals surface area (Å²) in [6.45, 7) is 6.65. The lowest BCUT2D eigenvalue weighted by Crippen LogP contribution is -2.54. The van der Waals surface area contributed by atoms with Gasteiger partial charge in [0.1, 0.15) is 0 Å². The minimum atomic E-state index is -0.0531. The molecule has 0 radical (unpaired) electrons. The van der Waals surface area contributed by atoms with Gasteiger partial charge < -0.3 is 10.2 Å². The monoisotopic (exact) mass is 398 g/mol. The molecule has 0 heterocycles. The lowest BCUT2D eigenvalue weighted by atomic mass is 9.48. The standard InChI is InChI=1S/C19H31BrN2O2/c1-4-22(11-16(23)21-13(2)3)17(24)10-18-6-14-5-15(7-18)9-19(20,8-14)12-18/h13-15H,4-12H2,1-3H3,(H,21,23). The summed E-state index contributed by atoms with van der Waals surface area (Å²) in [5.41, 5.74) is 0.173. The van der Waals surface area contributed by atoms with E-state index in [4.69, 9.17) is 0 Å². The number of hydrogen-bond donors (Lipinski definition) is 1. The van der Waals surface area contributed by atoms with Gasteiger partial charge in [0.05, 0.1) is 6.54 Å². The maximum Gasteiger partial charge on any atom is 0.239 e. The Kier molecular flexibility index (Phi) is 5.03. The van der Waals surface area contributed by atoms with E-state index in [1.807, 2.05) is 20.8 Å². The first-order chi connectivity index (χ1) is 11.2. The van der Waals surface area contributed by atoms with E-state index < -0.39 is 0 Å². The molecule has 2 unspecified atom stereocenters. The predicted octanol–water partition coefficient (Wildman–Crippen LogP) is 3.48. The molecule has 4 bridgehead atoms. The van der Waals surface area contributed by atoms with E-state index in [1.165, 1.54) is 32.1 Å². The molecule has 4 saturated carbocycles. The van der Waals surface area contributed by atoms with Crippen molar-refractivity contribution in [3.63, 3.8) is 0 Å². The second kappa shape index (κ2) is 6.62. The van der Waals surface area contributed by atoms with Crippen LogP contribution in [0.5, 0.6) is 0 Å². The van der Waals surface area contributed by atoms with Gasteiger partial charge in [-0.2, -0.15) is 0 Å². The number of amides is 2. The summed E-state index contributed by atoms with van der Waals surface area (Å²) in [6.07, 6.45) is 8.10. The zero-order valence-corrected chi connectivity index (χ0v) is 16.8. The van der Waals surface area contributed by atoms with Gasteiger partial charge in [0, 0.05) is 23.3 Å². The number of likely N-dealkylation sites (N-methyl/N-ethyl adjacent to an activating group) is 1. The number of nitrogens with one attached hydrogen (secondary N) is 1. The molecule has 4 rings (SSSR count). The van der Waals surface area contributed by atoms with Crippen molar-refractivity contribution in [3.8, 4) is 0 Å². The topological polar surface area (TPSA) is 49.4 Å². The van der Waals surface area contributed by atoms with Crippen LogP contribution in [0, 0.1) is 17.3 Å². The molecule has 136 valence electrons. The van der Waals surface area contributed by atoms with Gasteiger partial charge in [-0.15, -0.1) is 0 Å². The molecule has 0 spiro atoms. The van der Waals surface area contributed by atoms with E-state index in [2.05, 4.69) is 21.2 Å². The molecule has 0 aliphatic heterocycles. The Balaban J connectivity index is 1.64.